The maximum atomic E-state index is 11.5. The first-order chi connectivity index (χ1) is 10.2. The number of nitrogens with two attached hydrogens (primary N) is 2. The van der Waals surface area contributed by atoms with Gasteiger partial charge in [0.25, 0.3) is 0 Å². The summed E-state index contributed by atoms with van der Waals surface area (Å²) < 4.78 is 5.12. The number of hydrogen-bond acceptors (Lipinski definition) is 6. The topological polar surface area (TPSA) is 141 Å². The Hall–Kier alpha value is -2.71. The highest BCUT2D eigenvalue weighted by Gasteiger charge is 2.15. The van der Waals surface area contributed by atoms with E-state index in [4.69, 9.17) is 16.2 Å². The molecule has 0 aliphatic carbocycles. The summed E-state index contributed by atoms with van der Waals surface area (Å²) in [7, 11) is 0. The number of ether oxygens (including phenoxy) is 1. The zero-order chi connectivity index (χ0) is 16.8. The lowest BCUT2D eigenvalue weighted by molar-refractivity contribution is 0.0523. The summed E-state index contributed by atoms with van der Waals surface area (Å²) >= 11 is 0. The minimum Gasteiger partial charge on any atom is -0.444 e. The molecule has 0 unspecified atom stereocenters. The third-order valence-electron chi connectivity index (χ3n) is 2.09. The van der Waals surface area contributed by atoms with E-state index in [2.05, 4.69) is 25.5 Å². The Balaban J connectivity index is 2.61. The number of nitrogens with zero attached hydrogens (tertiary/aromatic N) is 4. The zero-order valence-corrected chi connectivity index (χ0v) is 13.1. The quantitative estimate of drug-likeness (QED) is 0.420. The summed E-state index contributed by atoms with van der Waals surface area (Å²) in [6, 6.07) is 0. The van der Waals surface area contributed by atoms with Crippen LogP contribution in [0.4, 0.5) is 4.79 Å². The maximum Gasteiger partial charge on any atom is 0.407 e. The van der Waals surface area contributed by atoms with E-state index in [1.807, 2.05) is 0 Å². The van der Waals surface area contributed by atoms with Crippen molar-refractivity contribution in [2.75, 3.05) is 0 Å². The number of amidine groups is 2. The van der Waals surface area contributed by atoms with E-state index in [-0.39, 0.29) is 24.0 Å². The lowest BCUT2D eigenvalue weighted by Gasteiger charge is -2.19. The number of nitrogens with one attached hydrogen (secondary N) is 1. The zero-order valence-electron chi connectivity index (χ0n) is 13.1. The number of rotatable bonds is 4. The summed E-state index contributed by atoms with van der Waals surface area (Å²) in [5, 5.41) is 9.90. The first-order valence-electron chi connectivity index (χ1n) is 6.59. The van der Waals surface area contributed by atoms with Gasteiger partial charge in [-0.15, -0.1) is 10.2 Å². The van der Waals surface area contributed by atoms with Crippen LogP contribution in [0.1, 0.15) is 39.1 Å². The Morgan fingerprint density at radius 2 is 1.86 bits per heavy atom. The van der Waals surface area contributed by atoms with Gasteiger partial charge in [0.2, 0.25) is 0 Å². The van der Waals surface area contributed by atoms with Crippen molar-refractivity contribution in [3.63, 3.8) is 0 Å². The van der Waals surface area contributed by atoms with E-state index in [1.165, 1.54) is 12.4 Å². The summed E-state index contributed by atoms with van der Waals surface area (Å²) in [6.45, 7) is 7.20. The second-order valence-corrected chi connectivity index (χ2v) is 5.50. The Morgan fingerprint density at radius 3 is 2.36 bits per heavy atom. The van der Waals surface area contributed by atoms with Gasteiger partial charge in [-0.1, -0.05) is 0 Å². The predicted octanol–water partition coefficient (Wildman–Crippen LogP) is 0.499. The van der Waals surface area contributed by atoms with Crippen LogP contribution < -0.4 is 16.8 Å². The fourth-order valence-corrected chi connectivity index (χ4v) is 1.24. The van der Waals surface area contributed by atoms with Crippen LogP contribution in [0.3, 0.4) is 0 Å². The van der Waals surface area contributed by atoms with Gasteiger partial charge in [0.1, 0.15) is 11.4 Å². The number of aromatic nitrogens is 2. The monoisotopic (exact) mass is 307 g/mol. The van der Waals surface area contributed by atoms with Gasteiger partial charge in [0, 0.05) is 24.5 Å². The molecule has 120 valence electrons. The molecule has 9 nitrogen and oxygen atoms in total. The van der Waals surface area contributed by atoms with Crippen molar-refractivity contribution in [2.45, 2.75) is 39.8 Å². The number of carbonyl (C=O) groups excluding carboxylic acids is 1. The van der Waals surface area contributed by atoms with Crippen molar-refractivity contribution in [3.8, 4) is 0 Å². The molecule has 0 fully saturated rings. The average Bonchev–Trinajstić information content (AvgIpc) is 2.41. The van der Waals surface area contributed by atoms with Crippen LogP contribution in [0.15, 0.2) is 22.6 Å². The van der Waals surface area contributed by atoms with Gasteiger partial charge in [-0.05, 0) is 27.7 Å². The van der Waals surface area contributed by atoms with E-state index in [1.54, 1.807) is 27.7 Å². The van der Waals surface area contributed by atoms with E-state index in [0.29, 0.717) is 5.56 Å². The molecule has 1 heterocycles. The van der Waals surface area contributed by atoms with Crippen molar-refractivity contribution in [1.29, 1.82) is 0 Å². The molecule has 1 rings (SSSR count). The highest BCUT2D eigenvalue weighted by Crippen LogP contribution is 2.06. The normalized spacial score (nSPS) is 12.9. The summed E-state index contributed by atoms with van der Waals surface area (Å²) in [6.07, 6.45) is 2.55. The fourth-order valence-electron chi connectivity index (χ4n) is 1.24. The van der Waals surface area contributed by atoms with Crippen LogP contribution in [0.5, 0.6) is 0 Å². The summed E-state index contributed by atoms with van der Waals surface area (Å²) in [5.41, 5.74) is 11.2. The molecule has 0 aromatic carbocycles. The highest BCUT2D eigenvalue weighted by molar-refractivity contribution is 5.94. The van der Waals surface area contributed by atoms with Gasteiger partial charge in [0.05, 0.1) is 0 Å². The summed E-state index contributed by atoms with van der Waals surface area (Å²) in [4.78, 5) is 19.6. The molecular weight excluding hydrogens is 286 g/mol. The van der Waals surface area contributed by atoms with Crippen LogP contribution in [0.2, 0.25) is 0 Å². The van der Waals surface area contributed by atoms with Crippen LogP contribution in [0, 0.1) is 0 Å². The average molecular weight is 307 g/mol. The van der Waals surface area contributed by atoms with Gasteiger partial charge >= 0.3 is 6.09 Å². The molecule has 1 amide bonds. The Morgan fingerprint density at radius 1 is 1.27 bits per heavy atom. The van der Waals surface area contributed by atoms with E-state index in [9.17, 15) is 4.79 Å². The van der Waals surface area contributed by atoms with Gasteiger partial charge < -0.3 is 21.5 Å². The molecule has 5 N–H and O–H groups in total. The van der Waals surface area contributed by atoms with Crippen LogP contribution in [-0.4, -0.2) is 33.3 Å². The Bertz CT molecular complexity index is 569. The Kier molecular flexibility index (Phi) is 5.79. The van der Waals surface area contributed by atoms with E-state index in [0.717, 1.165) is 0 Å². The molecule has 0 saturated heterocycles. The lowest BCUT2D eigenvalue weighted by Crippen LogP contribution is -2.32. The number of carbonyl (C=O) groups is 1. The molecule has 0 atom stereocenters. The minimum atomic E-state index is -0.545. The Labute approximate surface area is 128 Å². The fraction of sp³-hybridized carbons (Fsp3) is 0.462. The van der Waals surface area contributed by atoms with Crippen LogP contribution in [0.25, 0.3) is 0 Å². The molecular formula is C13H21N7O2. The van der Waals surface area contributed by atoms with Crippen molar-refractivity contribution < 1.29 is 9.53 Å². The smallest absolute Gasteiger partial charge is 0.407 e. The van der Waals surface area contributed by atoms with E-state index < -0.39 is 11.7 Å². The molecule has 0 aliphatic heterocycles. The van der Waals surface area contributed by atoms with Crippen molar-refractivity contribution in [3.05, 3.63) is 23.8 Å². The third kappa shape index (κ3) is 6.64. The third-order valence-corrected chi connectivity index (χ3v) is 2.09. The first kappa shape index (κ1) is 17.3. The van der Waals surface area contributed by atoms with Crippen molar-refractivity contribution >= 4 is 17.8 Å². The minimum absolute atomic E-state index is 0.0523. The predicted molar refractivity (Wildman–Crippen MR) is 83.1 cm³/mol. The molecule has 22 heavy (non-hydrogen) atoms. The maximum absolute atomic E-state index is 11.5. The van der Waals surface area contributed by atoms with Gasteiger partial charge in [-0.2, -0.15) is 0 Å². The molecule has 0 spiro atoms. The second-order valence-electron chi connectivity index (χ2n) is 5.50. The number of hydrogen-bond donors (Lipinski definition) is 3. The highest BCUT2D eigenvalue weighted by atomic mass is 16.6. The molecule has 0 radical (unpaired) electrons. The van der Waals surface area contributed by atoms with Crippen molar-refractivity contribution in [1.82, 2.24) is 15.3 Å². The van der Waals surface area contributed by atoms with E-state index >= 15 is 0 Å². The van der Waals surface area contributed by atoms with Crippen molar-refractivity contribution in [2.24, 2.45) is 21.7 Å². The molecule has 0 saturated carbocycles. The van der Waals surface area contributed by atoms with Gasteiger partial charge in [0.15, 0.2) is 11.7 Å². The first-order valence-corrected chi connectivity index (χ1v) is 6.59. The SMILES string of the molecule is C/C(N)=N/N=C(\N)c1ncc(CNC(=O)OC(C)(C)C)cn1. The van der Waals surface area contributed by atoms with Crippen LogP contribution in [-0.2, 0) is 11.3 Å². The molecule has 1 aromatic rings. The number of alkyl carbamates (subject to hydrolysis) is 1. The van der Waals surface area contributed by atoms with Gasteiger partial charge in [-0.3, -0.25) is 0 Å². The van der Waals surface area contributed by atoms with Gasteiger partial charge in [-0.25, -0.2) is 14.8 Å². The largest absolute Gasteiger partial charge is 0.444 e. The summed E-state index contributed by atoms with van der Waals surface area (Å²) in [5.74, 6) is 0.559. The van der Waals surface area contributed by atoms with Crippen LogP contribution >= 0.6 is 0 Å². The molecule has 0 bridgehead atoms. The standard InChI is InChI=1S/C13H21N7O2/c1-8(14)19-20-10(15)11-16-5-9(6-17-11)7-18-12(21)22-13(2,3)4/h5-6H,7H2,1-4H3,(H2,14,19)(H2,15,20)(H,18,21). The second kappa shape index (κ2) is 7.34. The molecule has 9 heteroatoms. The molecule has 1 aromatic heterocycles. The molecule has 0 aliphatic rings. The lowest BCUT2D eigenvalue weighted by atomic mass is 10.2. The number of amides is 1.